The molecule has 0 saturated heterocycles. The Balaban J connectivity index is 2.63. The summed E-state index contributed by atoms with van der Waals surface area (Å²) >= 11 is 0.804. The highest BCUT2D eigenvalue weighted by molar-refractivity contribution is 7.16. The molecule has 1 aromatic carbocycles. The Morgan fingerprint density at radius 2 is 2.00 bits per heavy atom. The molecule has 1 heterocycles. The highest BCUT2D eigenvalue weighted by Gasteiger charge is 2.20. The number of aldehydes is 1. The molecule has 2 aromatic rings. The summed E-state index contributed by atoms with van der Waals surface area (Å²) in [6, 6.07) is 0.581. The molecule has 3 nitrogen and oxygen atoms in total. The van der Waals surface area contributed by atoms with Crippen molar-refractivity contribution in [3.05, 3.63) is 34.6 Å². The number of phenolic OH excluding ortho intramolecular Hbond substituents is 1. The van der Waals surface area contributed by atoms with Crippen molar-refractivity contribution < 1.29 is 23.1 Å². The number of halogens is 3. The van der Waals surface area contributed by atoms with E-state index < -0.39 is 23.2 Å². The van der Waals surface area contributed by atoms with Crippen LogP contribution in [0.5, 0.6) is 5.75 Å². The van der Waals surface area contributed by atoms with E-state index in [-0.39, 0.29) is 15.4 Å². The zero-order valence-electron chi connectivity index (χ0n) is 8.08. The number of hydrogen-bond donors (Lipinski definition) is 1. The van der Waals surface area contributed by atoms with Gasteiger partial charge in [0.05, 0.1) is 10.4 Å². The predicted octanol–water partition coefficient (Wildman–Crippen LogP) is 2.75. The fraction of sp³-hybridized carbons (Fsp3) is 0. The molecule has 0 radical (unpaired) electrons. The lowest BCUT2D eigenvalue weighted by Gasteiger charge is -2.03. The summed E-state index contributed by atoms with van der Waals surface area (Å²) in [6.07, 6.45) is 1.67. The lowest BCUT2D eigenvalue weighted by atomic mass is 10.2. The van der Waals surface area contributed by atoms with Gasteiger partial charge in [-0.05, 0) is 6.07 Å². The molecular weight excluding hydrogens is 255 g/mol. The van der Waals surface area contributed by atoms with Crippen molar-refractivity contribution in [2.45, 2.75) is 0 Å². The first-order chi connectivity index (χ1) is 8.04. The molecule has 0 fully saturated rings. The molecule has 1 N–H and O–H groups in total. The molecule has 0 atom stereocenters. The van der Waals surface area contributed by atoms with Crippen molar-refractivity contribution in [1.29, 1.82) is 0 Å². The Hall–Kier alpha value is -1.89. The molecular formula is C10H4F3NO2S. The van der Waals surface area contributed by atoms with Crippen LogP contribution in [0.2, 0.25) is 0 Å². The molecule has 7 heteroatoms. The molecule has 88 valence electrons. The van der Waals surface area contributed by atoms with Gasteiger partial charge in [-0.15, -0.1) is 11.3 Å². The Morgan fingerprint density at radius 3 is 2.59 bits per heavy atom. The second kappa shape index (κ2) is 4.17. The number of rotatable bonds is 2. The third-order valence-electron chi connectivity index (χ3n) is 2.00. The average Bonchev–Trinajstić information content (AvgIpc) is 2.79. The summed E-state index contributed by atoms with van der Waals surface area (Å²) in [4.78, 5) is 14.3. The Labute approximate surface area is 97.2 Å². The van der Waals surface area contributed by atoms with Crippen LogP contribution in [0.1, 0.15) is 9.67 Å². The SMILES string of the molecule is O=Cc1cnc(-c2cc(F)c(F)c(O)c2F)s1. The standard InChI is InChI=1S/C10H4F3NO2S/c11-6-1-5(7(12)9(16)8(6)13)10-14-2-4(3-15)17-10/h1-3,16H. The molecule has 2 rings (SSSR count). The number of phenols is 1. The molecule has 0 spiro atoms. The highest BCUT2D eigenvalue weighted by Crippen LogP contribution is 2.34. The van der Waals surface area contributed by atoms with Gasteiger partial charge in [0.1, 0.15) is 5.01 Å². The minimum atomic E-state index is -1.65. The smallest absolute Gasteiger partial charge is 0.203 e. The molecule has 0 aliphatic rings. The molecule has 0 amide bonds. The van der Waals surface area contributed by atoms with E-state index >= 15 is 0 Å². The maximum Gasteiger partial charge on any atom is 0.203 e. The van der Waals surface area contributed by atoms with E-state index in [9.17, 15) is 18.0 Å². The molecule has 17 heavy (non-hydrogen) atoms. The number of carbonyl (C=O) groups is 1. The third-order valence-corrected chi connectivity index (χ3v) is 2.96. The highest BCUT2D eigenvalue weighted by atomic mass is 32.1. The van der Waals surface area contributed by atoms with Crippen LogP contribution < -0.4 is 0 Å². The van der Waals surface area contributed by atoms with E-state index in [1.807, 2.05) is 0 Å². The Kier molecular flexibility index (Phi) is 2.84. The van der Waals surface area contributed by atoms with Gasteiger partial charge in [0, 0.05) is 6.20 Å². The number of thiazole rings is 1. The number of hydrogen-bond acceptors (Lipinski definition) is 4. The first-order valence-electron chi connectivity index (χ1n) is 4.32. The molecule has 1 aromatic heterocycles. The van der Waals surface area contributed by atoms with Crippen LogP contribution in [0.25, 0.3) is 10.6 Å². The second-order valence-corrected chi connectivity index (χ2v) is 4.13. The fourth-order valence-electron chi connectivity index (χ4n) is 1.21. The average molecular weight is 259 g/mol. The van der Waals surface area contributed by atoms with E-state index in [2.05, 4.69) is 4.98 Å². The van der Waals surface area contributed by atoms with Crippen LogP contribution in [0.4, 0.5) is 13.2 Å². The van der Waals surface area contributed by atoms with Crippen LogP contribution in [-0.4, -0.2) is 16.4 Å². The van der Waals surface area contributed by atoms with Gasteiger partial charge >= 0.3 is 0 Å². The van der Waals surface area contributed by atoms with E-state index in [1.165, 1.54) is 6.20 Å². The van der Waals surface area contributed by atoms with Gasteiger partial charge < -0.3 is 5.11 Å². The van der Waals surface area contributed by atoms with Crippen molar-refractivity contribution in [3.63, 3.8) is 0 Å². The van der Waals surface area contributed by atoms with Gasteiger partial charge in [0.15, 0.2) is 23.7 Å². The Morgan fingerprint density at radius 1 is 1.29 bits per heavy atom. The van der Waals surface area contributed by atoms with Crippen LogP contribution >= 0.6 is 11.3 Å². The monoisotopic (exact) mass is 259 g/mol. The maximum atomic E-state index is 13.5. The number of carbonyl (C=O) groups excluding carboxylic acids is 1. The largest absolute Gasteiger partial charge is 0.503 e. The summed E-state index contributed by atoms with van der Waals surface area (Å²) in [5.74, 6) is -5.75. The summed E-state index contributed by atoms with van der Waals surface area (Å²) < 4.78 is 39.3. The number of aromatic hydroxyl groups is 1. The first kappa shape index (κ1) is 11.6. The van der Waals surface area contributed by atoms with Crippen molar-refractivity contribution in [3.8, 4) is 16.3 Å². The van der Waals surface area contributed by atoms with Gasteiger partial charge in [-0.2, -0.15) is 4.39 Å². The van der Waals surface area contributed by atoms with Crippen molar-refractivity contribution in [2.24, 2.45) is 0 Å². The van der Waals surface area contributed by atoms with E-state index in [0.717, 1.165) is 11.3 Å². The van der Waals surface area contributed by atoms with Crippen LogP contribution in [0.15, 0.2) is 12.3 Å². The van der Waals surface area contributed by atoms with E-state index in [1.54, 1.807) is 0 Å². The van der Waals surface area contributed by atoms with Gasteiger partial charge in [0.2, 0.25) is 5.82 Å². The second-order valence-electron chi connectivity index (χ2n) is 3.07. The molecule has 0 saturated carbocycles. The van der Waals surface area contributed by atoms with Crippen molar-refractivity contribution in [1.82, 2.24) is 4.98 Å². The zero-order chi connectivity index (χ0) is 12.6. The van der Waals surface area contributed by atoms with E-state index in [0.29, 0.717) is 12.4 Å². The van der Waals surface area contributed by atoms with E-state index in [4.69, 9.17) is 5.11 Å². The number of aromatic nitrogens is 1. The topological polar surface area (TPSA) is 50.2 Å². The van der Waals surface area contributed by atoms with Crippen LogP contribution in [-0.2, 0) is 0 Å². The van der Waals surface area contributed by atoms with Gasteiger partial charge in [-0.3, -0.25) is 4.79 Å². The maximum absolute atomic E-state index is 13.5. The summed E-state index contributed by atoms with van der Waals surface area (Å²) in [6.45, 7) is 0. The van der Waals surface area contributed by atoms with Crippen LogP contribution in [0, 0.1) is 17.5 Å². The summed E-state index contributed by atoms with van der Waals surface area (Å²) in [5, 5.41) is 9.00. The predicted molar refractivity (Wildman–Crippen MR) is 54.5 cm³/mol. The molecule has 0 aliphatic heterocycles. The van der Waals surface area contributed by atoms with Gasteiger partial charge in [0.25, 0.3) is 0 Å². The minimum Gasteiger partial charge on any atom is -0.503 e. The minimum absolute atomic E-state index is 0.0150. The first-order valence-corrected chi connectivity index (χ1v) is 5.14. The Bertz CT molecular complexity index is 597. The summed E-state index contributed by atoms with van der Waals surface area (Å²) in [5.41, 5.74) is -0.389. The van der Waals surface area contributed by atoms with Gasteiger partial charge in [-0.1, -0.05) is 0 Å². The number of nitrogens with zero attached hydrogens (tertiary/aromatic N) is 1. The lowest BCUT2D eigenvalue weighted by molar-refractivity contribution is 0.112. The van der Waals surface area contributed by atoms with Gasteiger partial charge in [-0.25, -0.2) is 13.8 Å². The molecule has 0 bridgehead atoms. The van der Waals surface area contributed by atoms with Crippen molar-refractivity contribution >= 4 is 17.6 Å². The normalized spacial score (nSPS) is 10.5. The number of benzene rings is 1. The fourth-order valence-corrected chi connectivity index (χ4v) is 1.95. The summed E-state index contributed by atoms with van der Waals surface area (Å²) in [7, 11) is 0. The quantitative estimate of drug-likeness (QED) is 0.666. The van der Waals surface area contributed by atoms with Crippen molar-refractivity contribution in [2.75, 3.05) is 0 Å². The van der Waals surface area contributed by atoms with Crippen LogP contribution in [0.3, 0.4) is 0 Å². The third kappa shape index (κ3) is 1.89. The zero-order valence-corrected chi connectivity index (χ0v) is 8.89. The molecule has 0 aliphatic carbocycles. The molecule has 0 unspecified atom stereocenters. The lowest BCUT2D eigenvalue weighted by Crippen LogP contribution is -1.92.